The molecule has 3 aromatic heterocycles. The smallest absolute Gasteiger partial charge is 0.311 e. The van der Waals surface area contributed by atoms with Crippen molar-refractivity contribution in [3.8, 4) is 28.7 Å². The van der Waals surface area contributed by atoms with E-state index >= 15 is 0 Å². The minimum absolute atomic E-state index is 0.125. The maximum absolute atomic E-state index is 14.6. The number of rotatable bonds is 18. The maximum atomic E-state index is 14.6. The van der Waals surface area contributed by atoms with Crippen LogP contribution in [0.1, 0.15) is 37.5 Å². The van der Waals surface area contributed by atoms with Gasteiger partial charge < -0.3 is 48.7 Å². The molecule has 3 heterocycles. The lowest BCUT2D eigenvalue weighted by Gasteiger charge is -2.12. The highest BCUT2D eigenvalue weighted by molar-refractivity contribution is 5.92. The third-order valence-electron chi connectivity index (χ3n) is 13.0. The first kappa shape index (κ1) is 60.8. The van der Waals surface area contributed by atoms with Crippen molar-refractivity contribution < 1.29 is 42.0 Å². The molecule has 0 aliphatic carbocycles. The van der Waals surface area contributed by atoms with E-state index in [0.717, 1.165) is 66.7 Å². The number of nitrogen functional groups attached to an aromatic ring is 1. The van der Waals surface area contributed by atoms with E-state index in [1.54, 1.807) is 30.3 Å². The fourth-order valence-corrected chi connectivity index (χ4v) is 9.00. The monoisotopic (exact) mass is 1100 g/mol. The third kappa shape index (κ3) is 14.8. The number of nitrogens with zero attached hydrogens (tertiary/aromatic N) is 8. The summed E-state index contributed by atoms with van der Waals surface area (Å²) in [6, 6.07) is 27.3. The first-order valence-corrected chi connectivity index (χ1v) is 26.1. The van der Waals surface area contributed by atoms with E-state index in [0.29, 0.717) is 76.3 Å². The number of phenolic OH excluding ortho intramolecular Hbond substituents is 1. The second-order valence-electron chi connectivity index (χ2n) is 19.5. The molecule has 20 heteroatoms. The number of aromatic nitrogens is 3. The lowest BCUT2D eigenvalue weighted by molar-refractivity contribution is -0.387. The van der Waals surface area contributed by atoms with Crippen LogP contribution in [0.15, 0.2) is 128 Å². The quantitative estimate of drug-likeness (QED) is 0.0362. The number of nitrogens with two attached hydrogens (primary N) is 1. The fourth-order valence-electron chi connectivity index (χ4n) is 9.00. The number of para-hydroxylation sites is 5. The van der Waals surface area contributed by atoms with Crippen molar-refractivity contribution >= 4 is 49.8 Å². The Morgan fingerprint density at radius 2 is 0.838 bits per heavy atom. The number of ether oxygens (including phenoxy) is 2. The fraction of sp³-hybridized carbons (Fsp3) is 0.300. The van der Waals surface area contributed by atoms with E-state index in [4.69, 9.17) is 15.2 Å². The summed E-state index contributed by atoms with van der Waals surface area (Å²) in [7, 11) is 12.0. The van der Waals surface area contributed by atoms with Gasteiger partial charge in [-0.25, -0.2) is 13.2 Å². The topological polar surface area (TPSA) is 176 Å². The van der Waals surface area contributed by atoms with Crippen LogP contribution in [0.2, 0.25) is 0 Å². The molecule has 80 heavy (non-hydrogen) atoms. The average Bonchev–Trinajstić information content (AvgIpc) is 4.19. The van der Waals surface area contributed by atoms with Gasteiger partial charge in [0.05, 0.1) is 32.1 Å². The normalized spacial score (nSPS) is 11.2. The second kappa shape index (κ2) is 27.9. The molecule has 0 bridgehead atoms. The van der Waals surface area contributed by atoms with Gasteiger partial charge in [0.15, 0.2) is 0 Å². The lowest BCUT2D eigenvalue weighted by atomic mass is 10.1. The zero-order chi connectivity index (χ0) is 58.4. The average molecular weight is 1100 g/mol. The Bertz CT molecular complexity index is 3580. The van der Waals surface area contributed by atoms with Crippen LogP contribution in [0.5, 0.6) is 28.7 Å². The standard InChI is InChI=1S/C20H22FN3O3.C20H24FN3O.C14H19FN2O.C6H4FNO2/c1-4-23-13-14(11-12-22(2)3)19-18(10-9-15(21)20(19)23)27-17-8-6-5-7-16(17)24(25)26;1-4-24-13-14(11-12-23(2)3)19-18(10-9-15(21)20(19)24)25-17-8-6-5-7-16(17)22;1-4-17-9-10(7-8-16(2)3)13-12(18)6-5-11(15)14(13)17;7-5-3-1-2-4-6(5)8(9)10/h5-10,13H,4,11-12H2,1-3H3;5-10,13H,4,11-12,22H2,1-3H3;5-6,9,18H,4,7-8H2,1-3H3;1-4H. The van der Waals surface area contributed by atoms with Crippen molar-refractivity contribution in [1.29, 1.82) is 0 Å². The molecular formula is C60H69F4N9O7. The van der Waals surface area contributed by atoms with Gasteiger partial charge in [-0.1, -0.05) is 36.4 Å². The van der Waals surface area contributed by atoms with E-state index in [-0.39, 0.29) is 34.6 Å². The van der Waals surface area contributed by atoms with Crippen molar-refractivity contribution in [3.63, 3.8) is 0 Å². The molecule has 0 atom stereocenters. The summed E-state index contributed by atoms with van der Waals surface area (Å²) >= 11 is 0. The van der Waals surface area contributed by atoms with E-state index < -0.39 is 21.4 Å². The summed E-state index contributed by atoms with van der Waals surface area (Å²) in [6.45, 7) is 10.5. The van der Waals surface area contributed by atoms with Crippen LogP contribution in [0.25, 0.3) is 32.7 Å². The molecular weight excluding hydrogens is 1030 g/mol. The molecule has 16 nitrogen and oxygen atoms in total. The summed E-state index contributed by atoms with van der Waals surface area (Å²) < 4.78 is 73.0. The van der Waals surface area contributed by atoms with Gasteiger partial charge in [0, 0.05) is 86.2 Å². The Labute approximate surface area is 462 Å². The van der Waals surface area contributed by atoms with Crippen LogP contribution in [0.4, 0.5) is 34.6 Å². The van der Waals surface area contributed by atoms with E-state index in [9.17, 15) is 42.9 Å². The number of aryl methyl sites for hydroxylation is 3. The van der Waals surface area contributed by atoms with Gasteiger partial charge in [-0.2, -0.15) is 4.39 Å². The molecule has 0 saturated heterocycles. The molecule has 0 aliphatic rings. The maximum Gasteiger partial charge on any atom is 0.311 e. The third-order valence-corrected chi connectivity index (χ3v) is 13.0. The van der Waals surface area contributed by atoms with E-state index in [2.05, 4.69) is 14.7 Å². The van der Waals surface area contributed by atoms with Gasteiger partial charge in [0.2, 0.25) is 11.6 Å². The van der Waals surface area contributed by atoms with Gasteiger partial charge >= 0.3 is 11.4 Å². The number of nitro benzene ring substituents is 2. The van der Waals surface area contributed by atoms with Crippen molar-refractivity contribution in [3.05, 3.63) is 188 Å². The molecule has 424 valence electrons. The number of benzene rings is 6. The van der Waals surface area contributed by atoms with Crippen LogP contribution < -0.4 is 15.2 Å². The zero-order valence-corrected chi connectivity index (χ0v) is 46.6. The number of aromatic hydroxyl groups is 1. The molecule has 0 amide bonds. The zero-order valence-electron chi connectivity index (χ0n) is 46.6. The van der Waals surface area contributed by atoms with Gasteiger partial charge in [-0.05, 0) is 160 Å². The number of halogens is 4. The Morgan fingerprint density at radius 1 is 0.475 bits per heavy atom. The van der Waals surface area contributed by atoms with Crippen molar-refractivity contribution in [2.45, 2.75) is 59.7 Å². The number of likely N-dealkylation sites (N-methyl/N-ethyl adjacent to an activating group) is 3. The van der Waals surface area contributed by atoms with Crippen LogP contribution in [0, 0.1) is 43.5 Å². The summed E-state index contributed by atoms with van der Waals surface area (Å²) in [6.07, 6.45) is 8.24. The van der Waals surface area contributed by atoms with Crippen LogP contribution >= 0.6 is 0 Å². The Morgan fingerprint density at radius 3 is 1.24 bits per heavy atom. The summed E-state index contributed by atoms with van der Waals surface area (Å²) in [5.74, 6) is 0.285. The molecule has 0 spiro atoms. The Hall–Kier alpha value is -8.46. The first-order chi connectivity index (χ1) is 38.2. The van der Waals surface area contributed by atoms with E-state index in [1.165, 1.54) is 48.5 Å². The minimum atomic E-state index is -0.799. The molecule has 0 fully saturated rings. The van der Waals surface area contributed by atoms with Crippen LogP contribution in [-0.4, -0.2) is 105 Å². The lowest BCUT2D eigenvalue weighted by Crippen LogP contribution is -2.14. The molecule has 0 saturated carbocycles. The molecule has 3 N–H and O–H groups in total. The molecule has 0 unspecified atom stereocenters. The van der Waals surface area contributed by atoms with Crippen LogP contribution in [0.3, 0.4) is 0 Å². The van der Waals surface area contributed by atoms with Crippen molar-refractivity contribution in [1.82, 2.24) is 28.4 Å². The molecule has 9 rings (SSSR count). The van der Waals surface area contributed by atoms with Gasteiger partial charge in [0.25, 0.3) is 0 Å². The van der Waals surface area contributed by atoms with Crippen LogP contribution in [-0.2, 0) is 38.9 Å². The first-order valence-electron chi connectivity index (χ1n) is 26.1. The molecule has 6 aromatic carbocycles. The van der Waals surface area contributed by atoms with Gasteiger partial charge in [-0.15, -0.1) is 0 Å². The second-order valence-corrected chi connectivity index (χ2v) is 19.5. The predicted molar refractivity (Wildman–Crippen MR) is 308 cm³/mol. The molecule has 9 aromatic rings. The highest BCUT2D eigenvalue weighted by atomic mass is 19.1. The summed E-state index contributed by atoms with van der Waals surface area (Å²) in [5.41, 5.74) is 10.5. The molecule has 0 aliphatic heterocycles. The summed E-state index contributed by atoms with van der Waals surface area (Å²) in [5, 5.41) is 33.4. The number of fused-ring (bicyclic) bond motifs is 3. The highest BCUT2D eigenvalue weighted by Crippen LogP contribution is 2.40. The minimum Gasteiger partial charge on any atom is -0.507 e. The SMILES string of the molecule is CCn1cc(CCN(C)C)c2c(O)ccc(F)c21.CCn1cc(CCN(C)C)c2c(Oc3ccccc3N)ccc(F)c21.CCn1cc(CCN(C)C)c2c(Oc3ccccc3[N+](=O)[O-])ccc(F)c21.O=[N+]([O-])c1ccccc1F. The largest absolute Gasteiger partial charge is 0.507 e. The van der Waals surface area contributed by atoms with Crippen molar-refractivity contribution in [2.75, 3.05) is 67.7 Å². The highest BCUT2D eigenvalue weighted by Gasteiger charge is 2.22. The number of hydrogen-bond donors (Lipinski definition) is 2. The predicted octanol–water partition coefficient (Wildman–Crippen LogP) is 13.2. The Balaban J connectivity index is 0.000000181. The molecule has 0 radical (unpaired) electrons. The number of anilines is 1. The number of nitro groups is 2. The number of phenols is 1. The number of hydrogen-bond acceptors (Lipinski definition) is 11. The summed E-state index contributed by atoms with van der Waals surface area (Å²) in [4.78, 5) is 26.3. The Kier molecular flexibility index (Phi) is 21.2. The van der Waals surface area contributed by atoms with Gasteiger partial charge in [-0.3, -0.25) is 20.2 Å². The van der Waals surface area contributed by atoms with E-state index in [1.807, 2.05) is 114 Å². The van der Waals surface area contributed by atoms with Gasteiger partial charge in [0.1, 0.15) is 40.4 Å². The van der Waals surface area contributed by atoms with Crippen molar-refractivity contribution in [2.24, 2.45) is 0 Å².